The van der Waals surface area contributed by atoms with E-state index in [0.29, 0.717) is 42.7 Å². The first-order valence-corrected chi connectivity index (χ1v) is 15.3. The molecule has 3 heterocycles. The molecule has 8 nitrogen and oxygen atoms in total. The van der Waals surface area contributed by atoms with Gasteiger partial charge in [0.15, 0.2) is 5.78 Å². The van der Waals surface area contributed by atoms with Crippen molar-refractivity contribution in [2.45, 2.75) is 51.6 Å². The minimum Gasteiger partial charge on any atom is -0.489 e. The summed E-state index contributed by atoms with van der Waals surface area (Å²) >= 11 is 0. The van der Waals surface area contributed by atoms with E-state index in [-0.39, 0.29) is 12.4 Å². The highest BCUT2D eigenvalue weighted by Gasteiger charge is 2.41. The van der Waals surface area contributed by atoms with Crippen molar-refractivity contribution in [3.8, 4) is 12.3 Å². The van der Waals surface area contributed by atoms with E-state index < -0.39 is 5.41 Å². The van der Waals surface area contributed by atoms with Crippen LogP contribution in [-0.2, 0) is 26.2 Å². The lowest BCUT2D eigenvalue weighted by Gasteiger charge is -2.41. The van der Waals surface area contributed by atoms with Crippen molar-refractivity contribution in [3.05, 3.63) is 70.3 Å². The van der Waals surface area contributed by atoms with Crippen LogP contribution in [0.4, 0.5) is 0 Å². The van der Waals surface area contributed by atoms with Crippen molar-refractivity contribution in [1.82, 2.24) is 14.4 Å². The number of carbonyl (C=O) groups excluding carboxylic acids is 1. The Bertz CT molecular complexity index is 1480. The number of terminal acetylenes is 1. The first kappa shape index (κ1) is 31.1. The first-order chi connectivity index (χ1) is 20.7. The highest BCUT2D eigenvalue weighted by atomic mass is 16.5. The van der Waals surface area contributed by atoms with Crippen LogP contribution in [-0.4, -0.2) is 97.6 Å². The Morgan fingerprint density at radius 1 is 1.21 bits per heavy atom. The molecule has 1 aliphatic carbocycles. The minimum absolute atomic E-state index is 0.0458. The zero-order valence-corrected chi connectivity index (χ0v) is 26.1. The van der Waals surface area contributed by atoms with Crippen molar-refractivity contribution in [3.63, 3.8) is 0 Å². The van der Waals surface area contributed by atoms with Crippen molar-refractivity contribution >= 4 is 16.7 Å². The molecule has 0 unspecified atom stereocenters. The number of rotatable bonds is 10. The van der Waals surface area contributed by atoms with E-state index in [1.807, 2.05) is 31.2 Å². The second-order valence-corrected chi connectivity index (χ2v) is 12.1. The van der Waals surface area contributed by atoms with Crippen LogP contribution in [0.15, 0.2) is 53.5 Å². The van der Waals surface area contributed by atoms with E-state index >= 15 is 0 Å². The third kappa shape index (κ3) is 5.92. The van der Waals surface area contributed by atoms with Gasteiger partial charge in [-0.3, -0.25) is 9.69 Å². The summed E-state index contributed by atoms with van der Waals surface area (Å²) in [5.74, 6) is 3.24. The molecule has 1 aromatic carbocycles. The predicted molar refractivity (Wildman–Crippen MR) is 169 cm³/mol. The Morgan fingerprint density at radius 3 is 2.58 bits per heavy atom. The summed E-state index contributed by atoms with van der Waals surface area (Å²) in [5.41, 5.74) is 4.99. The van der Waals surface area contributed by atoms with Gasteiger partial charge in [0.25, 0.3) is 0 Å². The number of piperidine rings is 1. The number of likely N-dealkylation sites (tertiary alicyclic amines) is 1. The van der Waals surface area contributed by atoms with Crippen molar-refractivity contribution < 1.29 is 24.1 Å². The number of Topliss-reactive ketones (excluding diaryl/α,β-unsaturated/α-hetero) is 1. The number of allylic oxidation sites excluding steroid dienone is 3. The summed E-state index contributed by atoms with van der Waals surface area (Å²) in [4.78, 5) is 19.3. The summed E-state index contributed by atoms with van der Waals surface area (Å²) in [6, 6.07) is 6.28. The highest BCUT2D eigenvalue weighted by molar-refractivity contribution is 6.20. The van der Waals surface area contributed by atoms with Gasteiger partial charge in [-0.1, -0.05) is 38.0 Å². The number of ether oxygens (including phenoxy) is 3. The van der Waals surface area contributed by atoms with Gasteiger partial charge in [-0.2, -0.15) is 0 Å². The number of hydrogen-bond acceptors (Lipinski definition) is 7. The molecule has 0 saturated carbocycles. The standard InChI is InChI=1S/C35H45N3O5/c1-7-26-8-9-28-30(22-26)38(14-17-39)34-32(28)33(40)29(24(2)35(34,4)5)23-31(43-21-20-41-6)25(3)36-12-10-27(11-13-36)37-15-18-42-19-16-37/h1,8-9,22-23,27,39H,3,10-21H2,2,4-6H3/b31-23+. The van der Waals surface area contributed by atoms with Gasteiger partial charge in [0.05, 0.1) is 43.2 Å². The smallest absolute Gasteiger partial charge is 0.195 e. The van der Waals surface area contributed by atoms with Crippen molar-refractivity contribution in [2.24, 2.45) is 0 Å². The number of carbonyl (C=O) groups is 1. The lowest BCUT2D eigenvalue weighted by molar-refractivity contribution is 0.00294. The van der Waals surface area contributed by atoms with Crippen LogP contribution < -0.4 is 0 Å². The third-order valence-corrected chi connectivity index (χ3v) is 9.47. The Hall–Kier alpha value is -3.35. The molecule has 0 atom stereocenters. The molecule has 8 heteroatoms. The fourth-order valence-corrected chi connectivity index (χ4v) is 6.82. The Morgan fingerprint density at radius 2 is 1.93 bits per heavy atom. The molecular formula is C35H45N3O5. The van der Waals surface area contributed by atoms with Gasteiger partial charge in [0, 0.05) is 73.5 Å². The van der Waals surface area contributed by atoms with Crippen LogP contribution in [0.5, 0.6) is 0 Å². The van der Waals surface area contributed by atoms with E-state index in [1.165, 1.54) is 0 Å². The maximum Gasteiger partial charge on any atom is 0.195 e. The van der Waals surface area contributed by atoms with Gasteiger partial charge < -0.3 is 28.8 Å². The Balaban J connectivity index is 1.50. The van der Waals surface area contributed by atoms with Gasteiger partial charge in [-0.25, -0.2) is 0 Å². The van der Waals surface area contributed by atoms with Crippen molar-refractivity contribution in [2.75, 3.05) is 66.3 Å². The molecule has 1 aromatic heterocycles. The number of nitrogens with zero attached hydrogens (tertiary/aromatic N) is 3. The molecule has 2 aromatic rings. The molecule has 0 spiro atoms. The largest absolute Gasteiger partial charge is 0.489 e. The maximum atomic E-state index is 14.4. The fraction of sp³-hybridized carbons (Fsp3) is 0.514. The van der Waals surface area contributed by atoms with Crippen molar-refractivity contribution in [1.29, 1.82) is 0 Å². The number of benzene rings is 1. The van der Waals surface area contributed by atoms with Crippen LogP contribution in [0.25, 0.3) is 10.9 Å². The molecule has 3 aliphatic rings. The van der Waals surface area contributed by atoms with Crippen LogP contribution >= 0.6 is 0 Å². The molecule has 5 rings (SSSR count). The third-order valence-electron chi connectivity index (χ3n) is 9.47. The van der Waals surface area contributed by atoms with E-state index in [0.717, 1.165) is 85.7 Å². The molecule has 230 valence electrons. The second kappa shape index (κ2) is 13.1. The van der Waals surface area contributed by atoms with E-state index in [4.69, 9.17) is 20.6 Å². The van der Waals surface area contributed by atoms with Gasteiger partial charge >= 0.3 is 0 Å². The first-order valence-electron chi connectivity index (χ1n) is 15.3. The number of fused-ring (bicyclic) bond motifs is 3. The summed E-state index contributed by atoms with van der Waals surface area (Å²) in [6.45, 7) is 17.2. The summed E-state index contributed by atoms with van der Waals surface area (Å²) in [6.07, 6.45) is 9.70. The average Bonchev–Trinajstić information content (AvgIpc) is 3.36. The predicted octanol–water partition coefficient (Wildman–Crippen LogP) is 4.26. The van der Waals surface area contributed by atoms with Gasteiger partial charge in [0.1, 0.15) is 12.4 Å². The second-order valence-electron chi connectivity index (χ2n) is 12.1. The summed E-state index contributed by atoms with van der Waals surface area (Å²) < 4.78 is 19.2. The maximum absolute atomic E-state index is 14.4. The normalized spacial score (nSPS) is 20.0. The zero-order valence-electron chi connectivity index (χ0n) is 26.1. The summed E-state index contributed by atoms with van der Waals surface area (Å²) in [7, 11) is 1.65. The Labute approximate surface area is 255 Å². The quantitative estimate of drug-likeness (QED) is 0.193. The SMILES string of the molecule is C#Cc1ccc2c3c(n(CCO)c2c1)C(C)(C)C(C)=C(/C=C(/OCCOC)C(=C)N1CCC(N2CCOCC2)CC1)C3=O. The number of aliphatic hydroxyl groups excluding tert-OH is 1. The molecule has 2 aliphatic heterocycles. The minimum atomic E-state index is -0.491. The topological polar surface area (TPSA) is 76.4 Å². The Kier molecular flexibility index (Phi) is 9.48. The highest BCUT2D eigenvalue weighted by Crippen LogP contribution is 2.46. The number of morpholine rings is 1. The van der Waals surface area contributed by atoms with E-state index in [1.54, 1.807) is 7.11 Å². The number of ketones is 1. The van der Waals surface area contributed by atoms with Gasteiger partial charge in [0.2, 0.25) is 0 Å². The average molecular weight is 588 g/mol. The monoisotopic (exact) mass is 587 g/mol. The molecule has 2 saturated heterocycles. The number of aromatic nitrogens is 1. The van der Waals surface area contributed by atoms with Crippen LogP contribution in [0, 0.1) is 12.3 Å². The number of methoxy groups -OCH3 is 1. The number of aliphatic hydroxyl groups is 1. The van der Waals surface area contributed by atoms with Crippen LogP contribution in [0.3, 0.4) is 0 Å². The molecule has 1 N–H and O–H groups in total. The van der Waals surface area contributed by atoms with E-state index in [9.17, 15) is 9.90 Å². The lowest BCUT2D eigenvalue weighted by Crippen LogP contribution is -2.48. The zero-order chi connectivity index (χ0) is 30.7. The molecule has 0 bridgehead atoms. The molecule has 2 fully saturated rings. The lowest BCUT2D eigenvalue weighted by atomic mass is 9.71. The fourth-order valence-electron chi connectivity index (χ4n) is 6.82. The number of hydrogen-bond donors (Lipinski definition) is 1. The van der Waals surface area contributed by atoms with Gasteiger partial charge in [-0.15, -0.1) is 6.42 Å². The molecule has 0 radical (unpaired) electrons. The van der Waals surface area contributed by atoms with Crippen LogP contribution in [0.2, 0.25) is 0 Å². The van der Waals surface area contributed by atoms with Gasteiger partial charge in [-0.05, 0) is 38.0 Å². The van der Waals surface area contributed by atoms with E-state index in [2.05, 4.69) is 40.7 Å². The van der Waals surface area contributed by atoms with Crippen LogP contribution in [0.1, 0.15) is 55.2 Å². The molecule has 43 heavy (non-hydrogen) atoms. The summed E-state index contributed by atoms with van der Waals surface area (Å²) in [5, 5.41) is 10.8. The molecular weight excluding hydrogens is 542 g/mol. The molecule has 0 amide bonds.